The number of anilines is 2. The first kappa shape index (κ1) is 20.2. The number of nitrogens with one attached hydrogen (secondary N) is 2. The summed E-state index contributed by atoms with van der Waals surface area (Å²) in [6, 6.07) is 7.87. The second kappa shape index (κ2) is 9.13. The minimum atomic E-state index is -0.343. The Morgan fingerprint density at radius 3 is 2.73 bits per heavy atom. The summed E-state index contributed by atoms with van der Waals surface area (Å²) in [4.78, 5) is 27.9. The van der Waals surface area contributed by atoms with Gasteiger partial charge in [-0.1, -0.05) is 12.1 Å². The van der Waals surface area contributed by atoms with Gasteiger partial charge in [0, 0.05) is 36.7 Å². The third kappa shape index (κ3) is 4.54. The molecule has 0 unspecified atom stereocenters. The van der Waals surface area contributed by atoms with Crippen molar-refractivity contribution in [2.24, 2.45) is 5.92 Å². The number of halogens is 1. The van der Waals surface area contributed by atoms with E-state index >= 15 is 0 Å². The summed E-state index contributed by atoms with van der Waals surface area (Å²) in [5, 5.41) is 7.89. The van der Waals surface area contributed by atoms with Crippen molar-refractivity contribution in [1.29, 1.82) is 0 Å². The Kier molecular flexibility index (Phi) is 6.13. The van der Waals surface area contributed by atoms with E-state index in [1.165, 1.54) is 0 Å². The Bertz CT molecular complexity index is 1040. The normalized spacial score (nSPS) is 15.3. The molecular formula is C22H25FN6O. The van der Waals surface area contributed by atoms with Crippen molar-refractivity contribution in [1.82, 2.24) is 19.9 Å². The first-order valence-corrected chi connectivity index (χ1v) is 10.2. The van der Waals surface area contributed by atoms with Crippen LogP contribution in [0, 0.1) is 5.92 Å². The SMILES string of the molecule is CNc1cncc(-c2ccc3cnc(NC(=O)C4CCN(CCF)CC4)cc3c2)n1. The van der Waals surface area contributed by atoms with Crippen LogP contribution in [0.25, 0.3) is 22.0 Å². The number of carbonyl (C=O) groups excluding carboxylic acids is 1. The molecule has 4 rings (SSSR count). The van der Waals surface area contributed by atoms with Gasteiger partial charge in [-0.05, 0) is 43.5 Å². The van der Waals surface area contributed by atoms with Crippen LogP contribution >= 0.6 is 0 Å². The zero-order valence-corrected chi connectivity index (χ0v) is 16.9. The van der Waals surface area contributed by atoms with E-state index in [9.17, 15) is 9.18 Å². The molecule has 0 atom stereocenters. The van der Waals surface area contributed by atoms with Gasteiger partial charge in [0.1, 0.15) is 18.3 Å². The summed E-state index contributed by atoms with van der Waals surface area (Å²) in [5.74, 6) is 1.15. The molecule has 3 aromatic rings. The number of piperidine rings is 1. The first-order chi connectivity index (χ1) is 14.7. The van der Waals surface area contributed by atoms with Crippen LogP contribution in [0.4, 0.5) is 16.0 Å². The molecule has 1 aromatic carbocycles. The van der Waals surface area contributed by atoms with Crippen molar-refractivity contribution in [3.8, 4) is 11.3 Å². The van der Waals surface area contributed by atoms with Crippen molar-refractivity contribution in [3.05, 3.63) is 42.9 Å². The van der Waals surface area contributed by atoms with Crippen LogP contribution in [-0.4, -0.2) is 59.1 Å². The molecule has 1 fully saturated rings. The molecule has 1 aliphatic heterocycles. The van der Waals surface area contributed by atoms with Gasteiger partial charge in [0.25, 0.3) is 0 Å². The summed E-state index contributed by atoms with van der Waals surface area (Å²) in [6.45, 7) is 1.61. The minimum Gasteiger partial charge on any atom is -0.372 e. The summed E-state index contributed by atoms with van der Waals surface area (Å²) >= 11 is 0. The molecule has 8 heteroatoms. The highest BCUT2D eigenvalue weighted by atomic mass is 19.1. The molecule has 1 aliphatic rings. The van der Waals surface area contributed by atoms with E-state index in [4.69, 9.17) is 0 Å². The fourth-order valence-electron chi connectivity index (χ4n) is 3.76. The first-order valence-electron chi connectivity index (χ1n) is 10.2. The van der Waals surface area contributed by atoms with E-state index < -0.39 is 0 Å². The molecule has 30 heavy (non-hydrogen) atoms. The topological polar surface area (TPSA) is 83.0 Å². The molecule has 0 spiro atoms. The number of amides is 1. The number of benzene rings is 1. The van der Waals surface area contributed by atoms with E-state index in [1.807, 2.05) is 24.3 Å². The predicted octanol–water partition coefficient (Wildman–Crippen LogP) is 3.35. The van der Waals surface area contributed by atoms with Gasteiger partial charge in [0.15, 0.2) is 0 Å². The van der Waals surface area contributed by atoms with Gasteiger partial charge >= 0.3 is 0 Å². The van der Waals surface area contributed by atoms with Gasteiger partial charge in [-0.15, -0.1) is 0 Å². The number of hydrogen-bond acceptors (Lipinski definition) is 6. The molecule has 0 radical (unpaired) electrons. The van der Waals surface area contributed by atoms with Crippen LogP contribution in [0.15, 0.2) is 42.9 Å². The van der Waals surface area contributed by atoms with E-state index in [1.54, 1.807) is 25.6 Å². The minimum absolute atomic E-state index is 0.0227. The lowest BCUT2D eigenvalue weighted by atomic mass is 9.96. The molecule has 1 amide bonds. The molecule has 0 bridgehead atoms. The molecule has 7 nitrogen and oxygen atoms in total. The fourth-order valence-corrected chi connectivity index (χ4v) is 3.76. The van der Waals surface area contributed by atoms with E-state index in [0.717, 1.165) is 48.0 Å². The number of carbonyl (C=O) groups is 1. The maximum absolute atomic E-state index is 12.7. The number of rotatable bonds is 6. The zero-order valence-electron chi connectivity index (χ0n) is 16.9. The maximum atomic E-state index is 12.7. The van der Waals surface area contributed by atoms with Gasteiger partial charge in [0.2, 0.25) is 5.91 Å². The number of hydrogen-bond donors (Lipinski definition) is 2. The lowest BCUT2D eigenvalue weighted by Gasteiger charge is -2.30. The standard InChI is InChI=1S/C22H25FN6O/c1-24-21-14-25-13-19(27-21)16-2-3-17-12-26-20(11-18(17)10-16)28-22(30)15-4-7-29(8-5-15)9-6-23/h2-3,10-15H,4-9H2,1H3,(H,24,27)(H,26,28,30). The summed E-state index contributed by atoms with van der Waals surface area (Å²) in [6.07, 6.45) is 6.63. The Balaban J connectivity index is 1.49. The largest absolute Gasteiger partial charge is 0.372 e. The van der Waals surface area contributed by atoms with E-state index in [-0.39, 0.29) is 18.5 Å². The number of pyridine rings is 1. The van der Waals surface area contributed by atoms with Crippen molar-refractivity contribution < 1.29 is 9.18 Å². The van der Waals surface area contributed by atoms with Crippen molar-refractivity contribution >= 4 is 28.3 Å². The Labute approximate surface area is 174 Å². The third-order valence-electron chi connectivity index (χ3n) is 5.52. The number of aromatic nitrogens is 3. The number of alkyl halides is 1. The van der Waals surface area contributed by atoms with Gasteiger partial charge in [-0.2, -0.15) is 0 Å². The van der Waals surface area contributed by atoms with Crippen LogP contribution in [0.1, 0.15) is 12.8 Å². The Morgan fingerprint density at radius 2 is 1.97 bits per heavy atom. The molecule has 1 saturated heterocycles. The smallest absolute Gasteiger partial charge is 0.228 e. The van der Waals surface area contributed by atoms with Gasteiger partial charge < -0.3 is 15.5 Å². The van der Waals surface area contributed by atoms with Crippen LogP contribution in [0.3, 0.4) is 0 Å². The van der Waals surface area contributed by atoms with Crippen LogP contribution in [-0.2, 0) is 4.79 Å². The van der Waals surface area contributed by atoms with Crippen LogP contribution in [0.5, 0.6) is 0 Å². The summed E-state index contributed by atoms with van der Waals surface area (Å²) in [7, 11) is 1.81. The average molecular weight is 408 g/mol. The number of likely N-dealkylation sites (tertiary alicyclic amines) is 1. The predicted molar refractivity (Wildman–Crippen MR) is 116 cm³/mol. The third-order valence-corrected chi connectivity index (χ3v) is 5.52. The highest BCUT2D eigenvalue weighted by Crippen LogP contribution is 2.25. The Morgan fingerprint density at radius 1 is 1.13 bits per heavy atom. The second-order valence-corrected chi connectivity index (χ2v) is 7.47. The molecule has 0 saturated carbocycles. The van der Waals surface area contributed by atoms with Crippen LogP contribution < -0.4 is 10.6 Å². The lowest BCUT2D eigenvalue weighted by molar-refractivity contribution is -0.121. The highest BCUT2D eigenvalue weighted by Gasteiger charge is 2.25. The maximum Gasteiger partial charge on any atom is 0.228 e. The van der Waals surface area contributed by atoms with Gasteiger partial charge in [-0.25, -0.2) is 14.4 Å². The molecule has 2 N–H and O–H groups in total. The quantitative estimate of drug-likeness (QED) is 0.651. The highest BCUT2D eigenvalue weighted by molar-refractivity contribution is 5.95. The number of nitrogens with zero attached hydrogens (tertiary/aromatic N) is 4. The van der Waals surface area contributed by atoms with Crippen LogP contribution in [0.2, 0.25) is 0 Å². The molecule has 3 heterocycles. The molecule has 156 valence electrons. The summed E-state index contributed by atoms with van der Waals surface area (Å²) in [5.41, 5.74) is 1.71. The zero-order chi connectivity index (χ0) is 20.9. The van der Waals surface area contributed by atoms with E-state index in [2.05, 4.69) is 30.5 Å². The van der Waals surface area contributed by atoms with Gasteiger partial charge in [0.05, 0.1) is 18.1 Å². The van der Waals surface area contributed by atoms with E-state index in [0.29, 0.717) is 18.2 Å². The molecule has 2 aromatic heterocycles. The van der Waals surface area contributed by atoms with Crippen molar-refractivity contribution in [2.45, 2.75) is 12.8 Å². The summed E-state index contributed by atoms with van der Waals surface area (Å²) < 4.78 is 12.5. The molecule has 0 aliphatic carbocycles. The number of fused-ring (bicyclic) bond motifs is 1. The Hall–Kier alpha value is -3.13. The fraction of sp³-hybridized carbons (Fsp3) is 0.364. The average Bonchev–Trinajstić information content (AvgIpc) is 2.79. The lowest BCUT2D eigenvalue weighted by Crippen LogP contribution is -2.39. The van der Waals surface area contributed by atoms with Crippen molar-refractivity contribution in [2.75, 3.05) is 44.0 Å². The monoisotopic (exact) mass is 408 g/mol. The molecular weight excluding hydrogens is 383 g/mol. The van der Waals surface area contributed by atoms with Crippen molar-refractivity contribution in [3.63, 3.8) is 0 Å². The second-order valence-electron chi connectivity index (χ2n) is 7.47. The van der Waals surface area contributed by atoms with Gasteiger partial charge in [-0.3, -0.25) is 9.78 Å².